The lowest BCUT2D eigenvalue weighted by atomic mass is 10.2. The van der Waals surface area contributed by atoms with Crippen molar-refractivity contribution in [1.29, 1.82) is 0 Å². The average molecular weight is 283 g/mol. The number of hydrogen-bond donors (Lipinski definition) is 1. The van der Waals surface area contributed by atoms with Crippen LogP contribution in [0.15, 0.2) is 6.08 Å². The Labute approximate surface area is 116 Å². The fraction of sp³-hybridized carbons (Fsp3) is 0.417. The second-order valence-electron chi connectivity index (χ2n) is 4.36. The predicted octanol–water partition coefficient (Wildman–Crippen LogP) is 0.354. The van der Waals surface area contributed by atoms with Gasteiger partial charge in [0.25, 0.3) is 0 Å². The summed E-state index contributed by atoms with van der Waals surface area (Å²) < 4.78 is 1.55. The molecule has 2 amide bonds. The molecule has 2 rings (SSSR count). The molecule has 1 aliphatic rings. The number of piperazine rings is 1. The van der Waals surface area contributed by atoms with E-state index in [1.807, 2.05) is 6.92 Å². The molecule has 1 aromatic heterocycles. The Hall–Kier alpha value is -1.82. The summed E-state index contributed by atoms with van der Waals surface area (Å²) in [5.41, 5.74) is 1.48. The Morgan fingerprint density at radius 1 is 1.53 bits per heavy atom. The molecule has 0 unspecified atom stereocenters. The minimum Gasteiger partial charge on any atom is -0.353 e. The molecule has 0 atom stereocenters. The number of carbonyl (C=O) groups excluding carboxylic acids is 2. The molecule has 19 heavy (non-hydrogen) atoms. The summed E-state index contributed by atoms with van der Waals surface area (Å²) in [6.45, 7) is 2.94. The number of nitrogens with zero attached hydrogens (tertiary/aromatic N) is 3. The summed E-state index contributed by atoms with van der Waals surface area (Å²) in [6, 6.07) is 0. The molecule has 2 heterocycles. The summed E-state index contributed by atoms with van der Waals surface area (Å²) in [6.07, 6.45) is 3.06. The highest BCUT2D eigenvalue weighted by Crippen LogP contribution is 2.20. The number of amides is 2. The molecule has 1 fully saturated rings. The first-order chi connectivity index (χ1) is 8.99. The predicted molar refractivity (Wildman–Crippen MR) is 71.6 cm³/mol. The minimum absolute atomic E-state index is 0.100. The summed E-state index contributed by atoms with van der Waals surface area (Å²) in [4.78, 5) is 24.6. The molecule has 1 aromatic rings. The summed E-state index contributed by atoms with van der Waals surface area (Å²) in [5, 5.41) is 7.31. The number of halogens is 1. The van der Waals surface area contributed by atoms with Crippen LogP contribution >= 0.6 is 11.6 Å². The van der Waals surface area contributed by atoms with E-state index >= 15 is 0 Å². The lowest BCUT2D eigenvalue weighted by Gasteiger charge is -2.25. The molecule has 1 saturated heterocycles. The fourth-order valence-corrected chi connectivity index (χ4v) is 2.16. The van der Waals surface area contributed by atoms with Gasteiger partial charge in [0.05, 0.1) is 12.2 Å². The summed E-state index contributed by atoms with van der Waals surface area (Å²) >= 11 is 6.07. The summed E-state index contributed by atoms with van der Waals surface area (Å²) in [5.74, 6) is -0.335. The molecular formula is C12H15ClN4O2. The Morgan fingerprint density at radius 3 is 2.84 bits per heavy atom. The first-order valence-corrected chi connectivity index (χ1v) is 6.29. The topological polar surface area (TPSA) is 67.2 Å². The zero-order valence-electron chi connectivity index (χ0n) is 10.8. The van der Waals surface area contributed by atoms with Crippen molar-refractivity contribution in [2.45, 2.75) is 6.92 Å². The van der Waals surface area contributed by atoms with Crippen LogP contribution < -0.4 is 5.32 Å². The molecule has 0 spiro atoms. The highest BCUT2D eigenvalue weighted by molar-refractivity contribution is 6.31. The van der Waals surface area contributed by atoms with Crippen LogP contribution in [0.5, 0.6) is 0 Å². The molecule has 102 valence electrons. The number of carbonyl (C=O) groups is 2. The number of aryl methyl sites for hydroxylation is 2. The molecule has 0 aromatic carbocycles. The third kappa shape index (κ3) is 2.96. The lowest BCUT2D eigenvalue weighted by molar-refractivity contribution is -0.134. The van der Waals surface area contributed by atoms with Gasteiger partial charge in [-0.1, -0.05) is 11.6 Å². The summed E-state index contributed by atoms with van der Waals surface area (Å²) in [7, 11) is 1.74. The first kappa shape index (κ1) is 13.6. The SMILES string of the molecule is Cc1nn(C)c(Cl)c1/C=C/C(=O)N1CCNC(=O)C1. The van der Waals surface area contributed by atoms with Crippen LogP contribution in [0.2, 0.25) is 5.15 Å². The molecule has 0 bridgehead atoms. The van der Waals surface area contributed by atoms with Crippen molar-refractivity contribution in [2.24, 2.45) is 7.05 Å². The van der Waals surface area contributed by atoms with Crippen LogP contribution in [-0.2, 0) is 16.6 Å². The quantitative estimate of drug-likeness (QED) is 0.796. The van der Waals surface area contributed by atoms with Gasteiger partial charge in [-0.15, -0.1) is 0 Å². The Bertz CT molecular complexity index is 550. The maximum atomic E-state index is 11.9. The van der Waals surface area contributed by atoms with Crippen molar-refractivity contribution in [3.63, 3.8) is 0 Å². The van der Waals surface area contributed by atoms with Gasteiger partial charge in [-0.3, -0.25) is 14.3 Å². The van der Waals surface area contributed by atoms with E-state index < -0.39 is 0 Å². The van der Waals surface area contributed by atoms with Crippen LogP contribution in [0.3, 0.4) is 0 Å². The Morgan fingerprint density at radius 2 is 2.26 bits per heavy atom. The van der Waals surface area contributed by atoms with Crippen LogP contribution in [0.25, 0.3) is 6.08 Å². The molecule has 6 nitrogen and oxygen atoms in total. The molecule has 1 aliphatic heterocycles. The maximum Gasteiger partial charge on any atom is 0.247 e. The molecule has 7 heteroatoms. The number of nitrogens with one attached hydrogen (secondary N) is 1. The van der Waals surface area contributed by atoms with Gasteiger partial charge in [-0.25, -0.2) is 0 Å². The molecule has 1 N–H and O–H groups in total. The van der Waals surface area contributed by atoms with E-state index in [4.69, 9.17) is 11.6 Å². The first-order valence-electron chi connectivity index (χ1n) is 5.92. The largest absolute Gasteiger partial charge is 0.353 e. The third-order valence-electron chi connectivity index (χ3n) is 2.94. The van der Waals surface area contributed by atoms with E-state index in [0.29, 0.717) is 18.2 Å². The molecule has 0 saturated carbocycles. The van der Waals surface area contributed by atoms with Gasteiger partial charge in [0.15, 0.2) is 0 Å². The van der Waals surface area contributed by atoms with Gasteiger partial charge in [-0.2, -0.15) is 5.10 Å². The van der Waals surface area contributed by atoms with Crippen molar-refractivity contribution < 1.29 is 9.59 Å². The smallest absolute Gasteiger partial charge is 0.247 e. The standard InChI is InChI=1S/C12H15ClN4O2/c1-8-9(12(13)16(2)15-8)3-4-11(19)17-6-5-14-10(18)7-17/h3-4H,5-7H2,1-2H3,(H,14,18)/b4-3+. The van der Waals surface area contributed by atoms with E-state index in [1.54, 1.807) is 17.8 Å². The van der Waals surface area contributed by atoms with Crippen molar-refractivity contribution in [2.75, 3.05) is 19.6 Å². The van der Waals surface area contributed by atoms with E-state index in [-0.39, 0.29) is 18.4 Å². The fourth-order valence-electron chi connectivity index (χ4n) is 1.92. The van der Waals surface area contributed by atoms with Crippen LogP contribution in [0.4, 0.5) is 0 Å². The highest BCUT2D eigenvalue weighted by Gasteiger charge is 2.19. The molecule has 0 aliphatic carbocycles. The zero-order valence-corrected chi connectivity index (χ0v) is 11.6. The van der Waals surface area contributed by atoms with Gasteiger partial charge >= 0.3 is 0 Å². The normalized spacial score (nSPS) is 15.9. The van der Waals surface area contributed by atoms with Crippen LogP contribution in [0.1, 0.15) is 11.3 Å². The van der Waals surface area contributed by atoms with Gasteiger partial charge in [0.2, 0.25) is 11.8 Å². The van der Waals surface area contributed by atoms with Gasteiger partial charge < -0.3 is 10.2 Å². The second kappa shape index (κ2) is 5.44. The van der Waals surface area contributed by atoms with Crippen molar-refractivity contribution >= 4 is 29.5 Å². The van der Waals surface area contributed by atoms with Crippen LogP contribution in [-0.4, -0.2) is 46.1 Å². The molecule has 0 radical (unpaired) electrons. The van der Waals surface area contributed by atoms with Gasteiger partial charge in [0, 0.05) is 31.8 Å². The average Bonchev–Trinajstić information content (AvgIpc) is 2.61. The lowest BCUT2D eigenvalue weighted by Crippen LogP contribution is -2.49. The number of aromatic nitrogens is 2. The van der Waals surface area contributed by atoms with Gasteiger partial charge in [0.1, 0.15) is 5.15 Å². The Kier molecular flexibility index (Phi) is 3.90. The van der Waals surface area contributed by atoms with Crippen LogP contribution in [0, 0.1) is 6.92 Å². The van der Waals surface area contributed by atoms with E-state index in [0.717, 1.165) is 11.3 Å². The monoisotopic (exact) mass is 282 g/mol. The minimum atomic E-state index is -0.200. The van der Waals surface area contributed by atoms with Crippen molar-refractivity contribution in [3.8, 4) is 0 Å². The van der Waals surface area contributed by atoms with E-state index in [1.165, 1.54) is 11.0 Å². The van der Waals surface area contributed by atoms with E-state index in [2.05, 4.69) is 10.4 Å². The van der Waals surface area contributed by atoms with E-state index in [9.17, 15) is 9.59 Å². The maximum absolute atomic E-state index is 11.9. The molecular weight excluding hydrogens is 268 g/mol. The number of rotatable bonds is 2. The number of hydrogen-bond acceptors (Lipinski definition) is 3. The Balaban J connectivity index is 2.09. The van der Waals surface area contributed by atoms with Crippen molar-refractivity contribution in [3.05, 3.63) is 22.5 Å². The zero-order chi connectivity index (χ0) is 14.0. The van der Waals surface area contributed by atoms with Gasteiger partial charge in [-0.05, 0) is 13.0 Å². The second-order valence-corrected chi connectivity index (χ2v) is 4.71. The third-order valence-corrected chi connectivity index (χ3v) is 3.39. The highest BCUT2D eigenvalue weighted by atomic mass is 35.5. The van der Waals surface area contributed by atoms with Crippen molar-refractivity contribution in [1.82, 2.24) is 20.0 Å².